The van der Waals surface area contributed by atoms with Crippen LogP contribution in [0, 0.1) is 11.6 Å². The first-order chi connectivity index (χ1) is 14.1. The predicted octanol–water partition coefficient (Wildman–Crippen LogP) is 4.36. The quantitative estimate of drug-likeness (QED) is 0.605. The number of rotatable bonds is 6. The number of benzene rings is 2. The van der Waals surface area contributed by atoms with E-state index >= 15 is 0 Å². The highest BCUT2D eigenvalue weighted by atomic mass is 32.2. The van der Waals surface area contributed by atoms with Crippen LogP contribution in [0.3, 0.4) is 0 Å². The molecule has 0 bridgehead atoms. The Morgan fingerprint density at radius 1 is 0.931 bits per heavy atom. The summed E-state index contributed by atoms with van der Waals surface area (Å²) in [4.78, 5) is 2.21. The zero-order valence-corrected chi connectivity index (χ0v) is 16.7. The summed E-state index contributed by atoms with van der Waals surface area (Å²) in [5, 5.41) is 19.7. The van der Waals surface area contributed by atoms with Crippen LogP contribution in [0.25, 0.3) is 5.69 Å². The van der Waals surface area contributed by atoms with E-state index in [1.165, 1.54) is 24.2 Å². The number of para-hydroxylation sites is 1. The zero-order chi connectivity index (χ0) is 20.2. The van der Waals surface area contributed by atoms with Gasteiger partial charge in [-0.15, -0.1) is 10.2 Å². The molecule has 2 heterocycles. The molecule has 3 aromatic rings. The molecule has 1 saturated heterocycles. The molecule has 0 saturated carbocycles. The summed E-state index contributed by atoms with van der Waals surface area (Å²) in [5.74, 6) is -0.693. The number of aliphatic hydroxyl groups is 1. The smallest absolute Gasteiger partial charge is 0.232 e. The molecular weight excluding hydrogens is 394 g/mol. The van der Waals surface area contributed by atoms with Crippen molar-refractivity contribution in [1.82, 2.24) is 14.8 Å². The number of anilines is 1. The van der Waals surface area contributed by atoms with Gasteiger partial charge in [0.05, 0.1) is 17.4 Å². The summed E-state index contributed by atoms with van der Waals surface area (Å²) in [6, 6.07) is 13.3. The molecule has 0 spiro atoms. The number of hydrogen-bond acceptors (Lipinski definition) is 5. The van der Waals surface area contributed by atoms with Crippen molar-refractivity contribution in [3.63, 3.8) is 0 Å². The fraction of sp³-hybridized carbons (Fsp3) is 0.333. The van der Waals surface area contributed by atoms with E-state index in [0.717, 1.165) is 49.7 Å². The fourth-order valence-corrected chi connectivity index (χ4v) is 4.41. The minimum atomic E-state index is -1.29. The summed E-state index contributed by atoms with van der Waals surface area (Å²) in [6.45, 7) is 1.83. The molecule has 2 aromatic carbocycles. The van der Waals surface area contributed by atoms with Gasteiger partial charge >= 0.3 is 0 Å². The first kappa shape index (κ1) is 19.8. The number of nitrogens with zero attached hydrogens (tertiary/aromatic N) is 4. The van der Waals surface area contributed by atoms with Crippen LogP contribution in [-0.4, -0.2) is 38.7 Å². The number of hydrogen-bond donors (Lipinski definition) is 1. The molecule has 29 heavy (non-hydrogen) atoms. The molecular formula is C21H22F2N4OS. The highest BCUT2D eigenvalue weighted by molar-refractivity contribution is 7.99. The molecule has 1 aliphatic heterocycles. The van der Waals surface area contributed by atoms with Crippen LogP contribution in [0.15, 0.2) is 53.7 Å². The van der Waals surface area contributed by atoms with Crippen molar-refractivity contribution in [3.8, 4) is 5.69 Å². The van der Waals surface area contributed by atoms with E-state index in [1.807, 2.05) is 34.9 Å². The van der Waals surface area contributed by atoms with Crippen LogP contribution < -0.4 is 4.90 Å². The number of aromatic nitrogens is 3. The van der Waals surface area contributed by atoms with Crippen molar-refractivity contribution < 1.29 is 13.9 Å². The normalized spacial score (nSPS) is 15.5. The van der Waals surface area contributed by atoms with Gasteiger partial charge in [-0.1, -0.05) is 36.0 Å². The van der Waals surface area contributed by atoms with Crippen molar-refractivity contribution in [1.29, 1.82) is 0 Å². The molecule has 8 heteroatoms. The van der Waals surface area contributed by atoms with E-state index in [1.54, 1.807) is 0 Å². The van der Waals surface area contributed by atoms with Gasteiger partial charge in [-0.05, 0) is 43.5 Å². The van der Waals surface area contributed by atoms with Gasteiger partial charge in [0.2, 0.25) is 5.95 Å². The van der Waals surface area contributed by atoms with Crippen LogP contribution >= 0.6 is 11.8 Å². The van der Waals surface area contributed by atoms with Crippen LogP contribution in [0.4, 0.5) is 14.7 Å². The van der Waals surface area contributed by atoms with Gasteiger partial charge < -0.3 is 10.0 Å². The van der Waals surface area contributed by atoms with E-state index in [0.29, 0.717) is 5.16 Å². The minimum absolute atomic E-state index is 0.0584. The average Bonchev–Trinajstić information content (AvgIpc) is 3.17. The lowest BCUT2D eigenvalue weighted by Gasteiger charge is -2.27. The van der Waals surface area contributed by atoms with Crippen molar-refractivity contribution in [2.75, 3.05) is 23.7 Å². The third-order valence-corrected chi connectivity index (χ3v) is 5.98. The minimum Gasteiger partial charge on any atom is -0.387 e. The Bertz CT molecular complexity index is 940. The van der Waals surface area contributed by atoms with Crippen LogP contribution in [-0.2, 0) is 0 Å². The lowest BCUT2D eigenvalue weighted by atomic mass is 10.1. The molecule has 1 aromatic heterocycles. The molecule has 1 fully saturated rings. The second-order valence-corrected chi connectivity index (χ2v) is 7.95. The third kappa shape index (κ3) is 4.28. The van der Waals surface area contributed by atoms with Gasteiger partial charge in [-0.3, -0.25) is 4.57 Å². The second kappa shape index (κ2) is 8.92. The molecule has 1 N–H and O–H groups in total. The monoisotopic (exact) mass is 416 g/mol. The summed E-state index contributed by atoms with van der Waals surface area (Å²) in [5.41, 5.74) is 0.592. The Labute approximate surface area is 172 Å². The van der Waals surface area contributed by atoms with Crippen LogP contribution in [0.5, 0.6) is 0 Å². The Kier molecular flexibility index (Phi) is 6.10. The Hall–Kier alpha value is -2.45. The highest BCUT2D eigenvalue weighted by Gasteiger charge is 2.23. The van der Waals surface area contributed by atoms with Crippen molar-refractivity contribution in [2.45, 2.75) is 30.5 Å². The average molecular weight is 416 g/mol. The van der Waals surface area contributed by atoms with Gasteiger partial charge in [0.25, 0.3) is 0 Å². The Morgan fingerprint density at radius 2 is 1.62 bits per heavy atom. The molecule has 4 rings (SSSR count). The van der Waals surface area contributed by atoms with E-state index in [-0.39, 0.29) is 11.3 Å². The summed E-state index contributed by atoms with van der Waals surface area (Å²) in [7, 11) is 0. The van der Waals surface area contributed by atoms with Crippen molar-refractivity contribution in [2.24, 2.45) is 0 Å². The second-order valence-electron chi connectivity index (χ2n) is 6.96. The van der Waals surface area contributed by atoms with Crippen molar-refractivity contribution in [3.05, 3.63) is 65.7 Å². The van der Waals surface area contributed by atoms with Gasteiger partial charge in [0.1, 0.15) is 11.6 Å². The molecule has 5 nitrogen and oxygen atoms in total. The Morgan fingerprint density at radius 3 is 2.31 bits per heavy atom. The van der Waals surface area contributed by atoms with Gasteiger partial charge in [-0.25, -0.2) is 8.78 Å². The molecule has 1 atom stereocenters. The number of aliphatic hydroxyl groups excluding tert-OH is 1. The molecule has 1 aliphatic rings. The lowest BCUT2D eigenvalue weighted by Crippen LogP contribution is -2.31. The molecule has 1 unspecified atom stereocenters. The first-order valence-electron chi connectivity index (χ1n) is 9.65. The fourth-order valence-electron chi connectivity index (χ4n) is 3.52. The summed E-state index contributed by atoms with van der Waals surface area (Å²) >= 11 is 1.23. The van der Waals surface area contributed by atoms with E-state index in [4.69, 9.17) is 0 Å². The van der Waals surface area contributed by atoms with Gasteiger partial charge in [-0.2, -0.15) is 0 Å². The Balaban J connectivity index is 1.61. The highest BCUT2D eigenvalue weighted by Crippen LogP contribution is 2.31. The third-order valence-electron chi connectivity index (χ3n) is 4.97. The van der Waals surface area contributed by atoms with Crippen LogP contribution in [0.1, 0.15) is 30.9 Å². The maximum Gasteiger partial charge on any atom is 0.232 e. The van der Waals surface area contributed by atoms with Crippen molar-refractivity contribution >= 4 is 17.7 Å². The first-order valence-corrected chi connectivity index (χ1v) is 10.6. The standard InChI is InChI=1S/C21H22F2N4OS/c22-16-10-7-11-17(23)19(16)18(28)14-29-21-25-24-20(26-12-5-2-6-13-26)27(21)15-8-3-1-4-9-15/h1,3-4,7-11,18,28H,2,5-6,12-14H2. The lowest BCUT2D eigenvalue weighted by molar-refractivity contribution is 0.193. The molecule has 152 valence electrons. The largest absolute Gasteiger partial charge is 0.387 e. The molecule has 0 aliphatic carbocycles. The topological polar surface area (TPSA) is 54.2 Å². The summed E-state index contributed by atoms with van der Waals surface area (Å²) in [6.07, 6.45) is 2.13. The van der Waals surface area contributed by atoms with Crippen LogP contribution in [0.2, 0.25) is 0 Å². The summed E-state index contributed by atoms with van der Waals surface area (Å²) < 4.78 is 29.9. The maximum absolute atomic E-state index is 14.0. The number of thioether (sulfide) groups is 1. The van der Waals surface area contributed by atoms with E-state index < -0.39 is 17.7 Å². The van der Waals surface area contributed by atoms with Gasteiger partial charge in [0.15, 0.2) is 5.16 Å². The number of halogens is 2. The molecule has 0 amide bonds. The van der Waals surface area contributed by atoms with E-state index in [2.05, 4.69) is 15.1 Å². The molecule has 0 radical (unpaired) electrons. The SMILES string of the molecule is OC(CSc1nnc(N2CCCCC2)n1-c1ccccc1)c1c(F)cccc1F. The van der Waals surface area contributed by atoms with E-state index in [9.17, 15) is 13.9 Å². The maximum atomic E-state index is 14.0. The predicted molar refractivity (Wildman–Crippen MR) is 109 cm³/mol. The van der Waals surface area contributed by atoms with Gasteiger partial charge in [0, 0.05) is 18.8 Å². The zero-order valence-electron chi connectivity index (χ0n) is 15.8. The number of piperidine rings is 1.